The first-order chi connectivity index (χ1) is 7.48. The average molecular weight is 246 g/mol. The summed E-state index contributed by atoms with van der Waals surface area (Å²) in [6.45, 7) is 2.79. The van der Waals surface area contributed by atoms with E-state index in [0.29, 0.717) is 0 Å². The van der Waals surface area contributed by atoms with E-state index in [1.165, 1.54) is 6.26 Å². The van der Waals surface area contributed by atoms with E-state index in [4.69, 9.17) is 5.84 Å². The summed E-state index contributed by atoms with van der Waals surface area (Å²) in [6, 6.07) is 1.37. The molecule has 0 amide bonds. The number of aromatic nitrogens is 2. The molecular weight excluding hydrogens is 228 g/mol. The van der Waals surface area contributed by atoms with Crippen molar-refractivity contribution in [1.82, 2.24) is 15.2 Å². The minimum absolute atomic E-state index is 0.0289. The first-order valence-corrected chi connectivity index (χ1v) is 7.19. The summed E-state index contributed by atoms with van der Waals surface area (Å²) in [7, 11) is -3.08. The minimum atomic E-state index is -3.08. The summed E-state index contributed by atoms with van der Waals surface area (Å²) in [5.41, 5.74) is 3.32. The molecule has 0 saturated carbocycles. The fourth-order valence-electron chi connectivity index (χ4n) is 1.56. The van der Waals surface area contributed by atoms with Gasteiger partial charge < -0.3 is 0 Å². The maximum absolute atomic E-state index is 11.2. The molecule has 0 spiro atoms. The predicted octanol–water partition coefficient (Wildman–Crippen LogP) is -0.158. The van der Waals surface area contributed by atoms with E-state index in [1.807, 2.05) is 6.92 Å². The normalized spacial score (nSPS) is 13.9. The van der Waals surface area contributed by atoms with Gasteiger partial charge in [-0.25, -0.2) is 8.42 Å². The van der Waals surface area contributed by atoms with Gasteiger partial charge in [0.25, 0.3) is 0 Å². The third kappa shape index (κ3) is 3.58. The number of nitrogens with zero attached hydrogens (tertiary/aromatic N) is 2. The molecule has 0 aliphatic rings. The van der Waals surface area contributed by atoms with Gasteiger partial charge in [-0.15, -0.1) is 0 Å². The molecule has 1 heterocycles. The van der Waals surface area contributed by atoms with Crippen molar-refractivity contribution in [2.45, 2.75) is 25.9 Å². The molecule has 1 unspecified atom stereocenters. The highest BCUT2D eigenvalue weighted by Crippen LogP contribution is 2.14. The maximum Gasteiger partial charge on any atom is 0.149 e. The molecule has 92 valence electrons. The van der Waals surface area contributed by atoms with E-state index in [1.54, 1.807) is 16.9 Å². The van der Waals surface area contributed by atoms with Crippen molar-refractivity contribution in [3.63, 3.8) is 0 Å². The quantitative estimate of drug-likeness (QED) is 0.538. The van der Waals surface area contributed by atoms with Gasteiger partial charge in [0.05, 0.1) is 17.5 Å². The zero-order chi connectivity index (χ0) is 12.2. The van der Waals surface area contributed by atoms with Gasteiger partial charge in [0, 0.05) is 19.0 Å². The number of rotatable bonds is 6. The standard InChI is InChI=1S/C9H18N4O2S/c1-3-6-13-9(4-5-11-13)8(12-10)7-16(2,14)15/h4-5,8,12H,3,6-7,10H2,1-2H3. The molecule has 0 aliphatic carbocycles. The van der Waals surface area contributed by atoms with E-state index >= 15 is 0 Å². The van der Waals surface area contributed by atoms with Gasteiger partial charge in [-0.2, -0.15) is 5.10 Å². The van der Waals surface area contributed by atoms with Crippen molar-refractivity contribution in [1.29, 1.82) is 0 Å². The lowest BCUT2D eigenvalue weighted by Gasteiger charge is -2.16. The molecular formula is C9H18N4O2S. The van der Waals surface area contributed by atoms with Gasteiger partial charge in [-0.3, -0.25) is 16.0 Å². The van der Waals surface area contributed by atoms with Crippen LogP contribution in [0.15, 0.2) is 12.3 Å². The monoisotopic (exact) mass is 246 g/mol. The second kappa shape index (κ2) is 5.42. The largest absolute Gasteiger partial charge is 0.271 e. The molecule has 1 aromatic rings. The molecule has 0 fully saturated rings. The topological polar surface area (TPSA) is 90.0 Å². The molecule has 0 radical (unpaired) electrons. The van der Waals surface area contributed by atoms with Crippen LogP contribution in [0, 0.1) is 0 Å². The van der Waals surface area contributed by atoms with Crippen LogP contribution in [0.3, 0.4) is 0 Å². The lowest BCUT2D eigenvalue weighted by atomic mass is 10.2. The molecule has 1 atom stereocenters. The Morgan fingerprint density at radius 2 is 2.31 bits per heavy atom. The third-order valence-electron chi connectivity index (χ3n) is 2.21. The number of nitrogens with one attached hydrogen (secondary N) is 1. The Labute approximate surface area is 95.7 Å². The fourth-order valence-corrected chi connectivity index (χ4v) is 2.43. The van der Waals surface area contributed by atoms with Gasteiger partial charge in [0.1, 0.15) is 9.84 Å². The number of sulfone groups is 1. The van der Waals surface area contributed by atoms with Crippen molar-refractivity contribution < 1.29 is 8.42 Å². The van der Waals surface area contributed by atoms with E-state index in [0.717, 1.165) is 18.7 Å². The maximum atomic E-state index is 11.2. The lowest BCUT2D eigenvalue weighted by Crippen LogP contribution is -2.34. The second-order valence-corrected chi connectivity index (χ2v) is 5.98. The Morgan fingerprint density at radius 1 is 1.62 bits per heavy atom. The van der Waals surface area contributed by atoms with Crippen molar-refractivity contribution in [3.8, 4) is 0 Å². The van der Waals surface area contributed by atoms with Crippen molar-refractivity contribution in [2.24, 2.45) is 5.84 Å². The highest BCUT2D eigenvalue weighted by molar-refractivity contribution is 7.90. The molecule has 1 rings (SSSR count). The molecule has 6 nitrogen and oxygen atoms in total. The Balaban J connectivity index is 2.90. The van der Waals surface area contributed by atoms with E-state index in [2.05, 4.69) is 10.5 Å². The van der Waals surface area contributed by atoms with Crippen LogP contribution in [0.25, 0.3) is 0 Å². The van der Waals surface area contributed by atoms with Gasteiger partial charge in [0.2, 0.25) is 0 Å². The summed E-state index contributed by atoms with van der Waals surface area (Å²) in [5.74, 6) is 5.35. The highest BCUT2D eigenvalue weighted by atomic mass is 32.2. The van der Waals surface area contributed by atoms with Gasteiger partial charge in [-0.1, -0.05) is 6.92 Å². The van der Waals surface area contributed by atoms with Crippen molar-refractivity contribution >= 4 is 9.84 Å². The van der Waals surface area contributed by atoms with Crippen molar-refractivity contribution in [3.05, 3.63) is 18.0 Å². The Morgan fingerprint density at radius 3 is 2.81 bits per heavy atom. The number of hydrogen-bond donors (Lipinski definition) is 2. The van der Waals surface area contributed by atoms with Gasteiger partial charge >= 0.3 is 0 Å². The third-order valence-corrected chi connectivity index (χ3v) is 3.15. The first kappa shape index (κ1) is 13.1. The zero-order valence-corrected chi connectivity index (χ0v) is 10.4. The van der Waals surface area contributed by atoms with Crippen LogP contribution in [0.4, 0.5) is 0 Å². The predicted molar refractivity (Wildman–Crippen MR) is 62.3 cm³/mol. The van der Waals surface area contributed by atoms with E-state index in [9.17, 15) is 8.42 Å². The Bertz CT molecular complexity index is 426. The summed E-state index contributed by atoms with van der Waals surface area (Å²) >= 11 is 0. The first-order valence-electron chi connectivity index (χ1n) is 5.13. The number of hydrazine groups is 1. The zero-order valence-electron chi connectivity index (χ0n) is 9.55. The molecule has 0 bridgehead atoms. The van der Waals surface area contributed by atoms with Crippen LogP contribution in [0.1, 0.15) is 25.1 Å². The summed E-state index contributed by atoms with van der Waals surface area (Å²) in [4.78, 5) is 0. The molecule has 3 N–H and O–H groups in total. The number of nitrogens with two attached hydrogens (primary N) is 1. The second-order valence-electron chi connectivity index (χ2n) is 3.79. The fraction of sp³-hybridized carbons (Fsp3) is 0.667. The summed E-state index contributed by atoms with van der Waals surface area (Å²) in [5, 5.41) is 4.13. The van der Waals surface area contributed by atoms with Crippen LogP contribution in [0.5, 0.6) is 0 Å². The van der Waals surface area contributed by atoms with E-state index < -0.39 is 15.9 Å². The lowest BCUT2D eigenvalue weighted by molar-refractivity contribution is 0.499. The number of hydrogen-bond acceptors (Lipinski definition) is 5. The smallest absolute Gasteiger partial charge is 0.149 e. The van der Waals surface area contributed by atoms with Crippen molar-refractivity contribution in [2.75, 3.05) is 12.0 Å². The van der Waals surface area contributed by atoms with Crippen LogP contribution in [-0.2, 0) is 16.4 Å². The molecule has 16 heavy (non-hydrogen) atoms. The molecule has 0 aliphatic heterocycles. The van der Waals surface area contributed by atoms with Crippen LogP contribution < -0.4 is 11.3 Å². The molecule has 0 saturated heterocycles. The Kier molecular flexibility index (Phi) is 4.45. The Hall–Kier alpha value is -0.920. The van der Waals surface area contributed by atoms with Gasteiger partial charge in [-0.05, 0) is 12.5 Å². The SMILES string of the molecule is CCCn1nccc1C(CS(C)(=O)=O)NN. The summed E-state index contributed by atoms with van der Waals surface area (Å²) < 4.78 is 24.3. The number of aryl methyl sites for hydroxylation is 1. The summed E-state index contributed by atoms with van der Waals surface area (Å²) in [6.07, 6.45) is 3.78. The minimum Gasteiger partial charge on any atom is -0.271 e. The molecule has 7 heteroatoms. The highest BCUT2D eigenvalue weighted by Gasteiger charge is 2.19. The average Bonchev–Trinajstić information content (AvgIpc) is 2.61. The van der Waals surface area contributed by atoms with Crippen LogP contribution in [-0.4, -0.2) is 30.2 Å². The molecule has 0 aromatic carbocycles. The van der Waals surface area contributed by atoms with E-state index in [-0.39, 0.29) is 5.75 Å². The van der Waals surface area contributed by atoms with Crippen LogP contribution >= 0.6 is 0 Å². The van der Waals surface area contributed by atoms with Gasteiger partial charge in [0.15, 0.2) is 0 Å². The molecule has 1 aromatic heterocycles. The van der Waals surface area contributed by atoms with Crippen LogP contribution in [0.2, 0.25) is 0 Å².